The van der Waals surface area contributed by atoms with Crippen LogP contribution in [0.3, 0.4) is 0 Å². The van der Waals surface area contributed by atoms with E-state index in [1.165, 1.54) is 0 Å². The summed E-state index contributed by atoms with van der Waals surface area (Å²) in [6.45, 7) is 0. The van der Waals surface area contributed by atoms with Gasteiger partial charge in [0, 0.05) is 5.69 Å². The van der Waals surface area contributed by atoms with Crippen LogP contribution in [0.25, 0.3) is 16.9 Å². The Bertz CT molecular complexity index is 709. The molecule has 0 aliphatic rings. The Labute approximate surface area is 97.0 Å². The molecule has 2 heterocycles. The summed E-state index contributed by atoms with van der Waals surface area (Å²) in [5.41, 5.74) is 2.27. The molecule has 5 nitrogen and oxygen atoms in total. The summed E-state index contributed by atoms with van der Waals surface area (Å²) in [6.07, 6.45) is 3.23. The van der Waals surface area contributed by atoms with Crippen LogP contribution in [0.2, 0.25) is 0 Å². The highest BCUT2D eigenvalue weighted by Crippen LogP contribution is 2.15. The molecular formula is C12H7N5. The molecule has 17 heavy (non-hydrogen) atoms. The quantitative estimate of drug-likeness (QED) is 0.627. The number of nitrogens with zero attached hydrogens (tertiary/aromatic N) is 5. The van der Waals surface area contributed by atoms with E-state index < -0.39 is 0 Å². The van der Waals surface area contributed by atoms with Crippen molar-refractivity contribution in [2.45, 2.75) is 0 Å². The summed E-state index contributed by atoms with van der Waals surface area (Å²) in [4.78, 5) is 12.2. The minimum absolute atomic E-state index is 0.148. The van der Waals surface area contributed by atoms with Gasteiger partial charge in [-0.1, -0.05) is 18.2 Å². The van der Waals surface area contributed by atoms with Crippen LogP contribution in [0.4, 0.5) is 0 Å². The number of imidazole rings is 1. The van der Waals surface area contributed by atoms with Crippen molar-refractivity contribution in [1.82, 2.24) is 19.5 Å². The average Bonchev–Trinajstić information content (AvgIpc) is 2.82. The molecule has 0 amide bonds. The highest BCUT2D eigenvalue weighted by Gasteiger charge is 2.07. The van der Waals surface area contributed by atoms with Gasteiger partial charge in [-0.15, -0.1) is 0 Å². The Hall–Kier alpha value is -2.74. The fourth-order valence-corrected chi connectivity index (χ4v) is 1.64. The third kappa shape index (κ3) is 1.52. The first-order valence-corrected chi connectivity index (χ1v) is 5.04. The van der Waals surface area contributed by atoms with E-state index in [9.17, 15) is 0 Å². The Morgan fingerprint density at radius 2 is 1.94 bits per heavy atom. The predicted molar refractivity (Wildman–Crippen MR) is 61.4 cm³/mol. The van der Waals surface area contributed by atoms with Gasteiger partial charge >= 0.3 is 0 Å². The van der Waals surface area contributed by atoms with E-state index in [1.54, 1.807) is 12.5 Å². The van der Waals surface area contributed by atoms with Gasteiger partial charge in [-0.3, -0.25) is 4.57 Å². The second-order valence-electron chi connectivity index (χ2n) is 3.46. The number of benzene rings is 1. The lowest BCUT2D eigenvalue weighted by atomic mass is 10.3. The van der Waals surface area contributed by atoms with E-state index in [0.717, 1.165) is 5.69 Å². The maximum Gasteiger partial charge on any atom is 0.234 e. The molecule has 0 aliphatic heterocycles. The summed E-state index contributed by atoms with van der Waals surface area (Å²) in [5.74, 6) is 0.148. The topological polar surface area (TPSA) is 67.4 Å². The van der Waals surface area contributed by atoms with Crippen molar-refractivity contribution >= 4 is 11.2 Å². The Balaban J connectivity index is 2.28. The van der Waals surface area contributed by atoms with Crippen LogP contribution >= 0.6 is 0 Å². The number of fused-ring (bicyclic) bond motifs is 1. The van der Waals surface area contributed by atoms with E-state index >= 15 is 0 Å². The maximum absolute atomic E-state index is 8.79. The van der Waals surface area contributed by atoms with E-state index in [0.29, 0.717) is 11.2 Å². The Morgan fingerprint density at radius 3 is 2.71 bits per heavy atom. The average molecular weight is 221 g/mol. The number of nitriles is 1. The van der Waals surface area contributed by atoms with Gasteiger partial charge in [0.15, 0.2) is 5.65 Å². The SMILES string of the molecule is N#Cc1ncc2ncn(-c3ccccc3)c2n1. The number of hydrogen-bond donors (Lipinski definition) is 0. The zero-order valence-electron chi connectivity index (χ0n) is 8.78. The zero-order chi connectivity index (χ0) is 11.7. The van der Waals surface area contributed by atoms with Gasteiger partial charge in [0.05, 0.1) is 6.20 Å². The molecule has 80 valence electrons. The molecule has 0 spiro atoms. The minimum atomic E-state index is 0.148. The van der Waals surface area contributed by atoms with Crippen molar-refractivity contribution < 1.29 is 0 Å². The molecule has 0 saturated heterocycles. The number of hydrogen-bond acceptors (Lipinski definition) is 4. The molecule has 3 aromatic rings. The Morgan fingerprint density at radius 1 is 1.12 bits per heavy atom. The first-order chi connectivity index (χ1) is 8.38. The first-order valence-electron chi connectivity index (χ1n) is 5.04. The van der Waals surface area contributed by atoms with E-state index in [-0.39, 0.29) is 5.82 Å². The van der Waals surface area contributed by atoms with Crippen LogP contribution in [0.5, 0.6) is 0 Å². The number of para-hydroxylation sites is 1. The van der Waals surface area contributed by atoms with E-state index in [4.69, 9.17) is 5.26 Å². The van der Waals surface area contributed by atoms with Crippen LogP contribution in [0.15, 0.2) is 42.9 Å². The van der Waals surface area contributed by atoms with Crippen molar-refractivity contribution in [2.24, 2.45) is 0 Å². The largest absolute Gasteiger partial charge is 0.283 e. The molecule has 2 aromatic heterocycles. The fourth-order valence-electron chi connectivity index (χ4n) is 1.64. The molecule has 0 aliphatic carbocycles. The minimum Gasteiger partial charge on any atom is -0.283 e. The first kappa shape index (κ1) is 9.48. The van der Waals surface area contributed by atoms with Crippen LogP contribution in [0, 0.1) is 11.3 Å². The normalized spacial score (nSPS) is 10.3. The summed E-state index contributed by atoms with van der Waals surface area (Å²) in [6, 6.07) is 11.7. The lowest BCUT2D eigenvalue weighted by Gasteiger charge is -2.02. The molecule has 0 bridgehead atoms. The van der Waals surface area contributed by atoms with E-state index in [2.05, 4.69) is 15.0 Å². The van der Waals surface area contributed by atoms with Gasteiger partial charge < -0.3 is 0 Å². The second-order valence-corrected chi connectivity index (χ2v) is 3.46. The molecule has 0 saturated carbocycles. The fraction of sp³-hybridized carbons (Fsp3) is 0. The van der Waals surface area contributed by atoms with Crippen molar-refractivity contribution in [2.75, 3.05) is 0 Å². The summed E-state index contributed by atoms with van der Waals surface area (Å²) >= 11 is 0. The lowest BCUT2D eigenvalue weighted by molar-refractivity contribution is 1.05. The number of rotatable bonds is 1. The van der Waals surface area contributed by atoms with Gasteiger partial charge in [0.25, 0.3) is 0 Å². The zero-order valence-corrected chi connectivity index (χ0v) is 8.78. The van der Waals surface area contributed by atoms with Crippen LogP contribution in [-0.4, -0.2) is 19.5 Å². The standard InChI is InChI=1S/C12H7N5/c13-6-11-14-7-10-12(16-11)17(8-15-10)9-4-2-1-3-5-9/h1-5,7-8H. The maximum atomic E-state index is 8.79. The number of aromatic nitrogens is 4. The van der Waals surface area contributed by atoms with Gasteiger partial charge in [-0.05, 0) is 12.1 Å². The van der Waals surface area contributed by atoms with Crippen LogP contribution in [-0.2, 0) is 0 Å². The molecule has 0 atom stereocenters. The third-order valence-electron chi connectivity index (χ3n) is 2.42. The highest BCUT2D eigenvalue weighted by molar-refractivity contribution is 5.72. The smallest absolute Gasteiger partial charge is 0.234 e. The molecule has 3 rings (SSSR count). The molecule has 0 fully saturated rings. The molecule has 0 N–H and O–H groups in total. The summed E-state index contributed by atoms with van der Waals surface area (Å²) < 4.78 is 1.83. The van der Waals surface area contributed by atoms with Gasteiger partial charge in [-0.25, -0.2) is 9.97 Å². The molecule has 5 heteroatoms. The monoisotopic (exact) mass is 221 g/mol. The Kier molecular flexibility index (Phi) is 2.06. The van der Waals surface area contributed by atoms with Crippen molar-refractivity contribution in [3.8, 4) is 11.8 Å². The van der Waals surface area contributed by atoms with Crippen LogP contribution in [0.1, 0.15) is 5.82 Å². The van der Waals surface area contributed by atoms with Gasteiger partial charge in [0.2, 0.25) is 5.82 Å². The van der Waals surface area contributed by atoms with Crippen LogP contribution < -0.4 is 0 Å². The molecule has 0 radical (unpaired) electrons. The van der Waals surface area contributed by atoms with E-state index in [1.807, 2.05) is 41.0 Å². The second kappa shape index (κ2) is 3.68. The predicted octanol–water partition coefficient (Wildman–Crippen LogP) is 1.69. The van der Waals surface area contributed by atoms with Crippen molar-refractivity contribution in [3.63, 3.8) is 0 Å². The van der Waals surface area contributed by atoms with Gasteiger partial charge in [-0.2, -0.15) is 10.2 Å². The molecule has 0 unspecified atom stereocenters. The lowest BCUT2D eigenvalue weighted by Crippen LogP contribution is -1.96. The highest BCUT2D eigenvalue weighted by atomic mass is 15.1. The third-order valence-corrected chi connectivity index (χ3v) is 2.42. The summed E-state index contributed by atoms with van der Waals surface area (Å²) in [5, 5.41) is 8.79. The molecular weight excluding hydrogens is 214 g/mol. The molecule has 1 aromatic carbocycles. The van der Waals surface area contributed by atoms with Gasteiger partial charge in [0.1, 0.15) is 17.9 Å². The van der Waals surface area contributed by atoms with Crippen molar-refractivity contribution in [3.05, 3.63) is 48.7 Å². The van der Waals surface area contributed by atoms with Crippen molar-refractivity contribution in [1.29, 1.82) is 5.26 Å². The summed E-state index contributed by atoms with van der Waals surface area (Å²) in [7, 11) is 0.